The lowest BCUT2D eigenvalue weighted by Crippen LogP contribution is -2.21. The largest absolute Gasteiger partial charge is 0.366 e. The van der Waals surface area contributed by atoms with Crippen molar-refractivity contribution in [2.45, 2.75) is 0 Å². The molecule has 0 heterocycles. The minimum Gasteiger partial charge on any atom is -0.366 e. The Morgan fingerprint density at radius 1 is 1.21 bits per heavy atom. The second kappa shape index (κ2) is 4.38. The lowest BCUT2D eigenvalue weighted by molar-refractivity contribution is 0.0537. The van der Waals surface area contributed by atoms with Crippen LogP contribution in [0.2, 0.25) is 0 Å². The van der Waals surface area contributed by atoms with E-state index in [-0.39, 0.29) is 5.91 Å². The summed E-state index contributed by atoms with van der Waals surface area (Å²) in [5.41, 5.74) is 7.95. The highest BCUT2D eigenvalue weighted by Gasteiger charge is 2.05. The Labute approximate surface area is 80.8 Å². The lowest BCUT2D eigenvalue weighted by atomic mass is 10.1. The van der Waals surface area contributed by atoms with Gasteiger partial charge >= 0.3 is 0 Å². The third-order valence-corrected chi connectivity index (χ3v) is 1.63. The van der Waals surface area contributed by atoms with Gasteiger partial charge in [0.05, 0.1) is 7.11 Å². The predicted octanol–water partition coefficient (Wildman–Crippen LogP) is 0.0767. The summed E-state index contributed by atoms with van der Waals surface area (Å²) in [5, 5.41) is 0. The number of hydroxylamine groups is 1. The van der Waals surface area contributed by atoms with Crippen molar-refractivity contribution < 1.29 is 14.4 Å². The van der Waals surface area contributed by atoms with Gasteiger partial charge in [-0.2, -0.15) is 0 Å². The topological polar surface area (TPSA) is 81.4 Å². The SMILES string of the molecule is CONC(=O)c1ccc(C(N)=O)cc1. The summed E-state index contributed by atoms with van der Waals surface area (Å²) in [6.45, 7) is 0. The molecule has 0 saturated carbocycles. The summed E-state index contributed by atoms with van der Waals surface area (Å²) in [7, 11) is 1.34. The molecule has 0 aliphatic carbocycles. The Morgan fingerprint density at radius 2 is 1.71 bits per heavy atom. The van der Waals surface area contributed by atoms with Crippen molar-refractivity contribution in [2.24, 2.45) is 5.73 Å². The highest BCUT2D eigenvalue weighted by atomic mass is 16.6. The minimum atomic E-state index is -0.524. The molecule has 0 fully saturated rings. The van der Waals surface area contributed by atoms with E-state index in [1.807, 2.05) is 0 Å². The van der Waals surface area contributed by atoms with E-state index in [1.165, 1.54) is 31.4 Å². The number of nitrogens with one attached hydrogen (secondary N) is 1. The zero-order valence-electron chi connectivity index (χ0n) is 7.61. The summed E-state index contributed by atoms with van der Waals surface area (Å²) in [6, 6.07) is 5.95. The predicted molar refractivity (Wildman–Crippen MR) is 49.4 cm³/mol. The molecule has 0 aromatic heterocycles. The van der Waals surface area contributed by atoms with Gasteiger partial charge in [-0.15, -0.1) is 0 Å². The maximum absolute atomic E-state index is 11.2. The van der Waals surface area contributed by atoms with Crippen LogP contribution in [0.4, 0.5) is 0 Å². The number of amides is 2. The molecular weight excluding hydrogens is 184 g/mol. The van der Waals surface area contributed by atoms with E-state index in [0.717, 1.165) is 0 Å². The van der Waals surface area contributed by atoms with Gasteiger partial charge in [-0.25, -0.2) is 5.48 Å². The van der Waals surface area contributed by atoms with E-state index in [1.54, 1.807) is 0 Å². The first-order valence-electron chi connectivity index (χ1n) is 3.88. The molecule has 1 rings (SSSR count). The van der Waals surface area contributed by atoms with Crippen LogP contribution in [0.3, 0.4) is 0 Å². The molecule has 14 heavy (non-hydrogen) atoms. The second-order valence-corrected chi connectivity index (χ2v) is 2.58. The average molecular weight is 194 g/mol. The van der Waals surface area contributed by atoms with Gasteiger partial charge in [0.25, 0.3) is 5.91 Å². The fraction of sp³-hybridized carbons (Fsp3) is 0.111. The molecule has 3 N–H and O–H groups in total. The summed E-state index contributed by atoms with van der Waals surface area (Å²) in [4.78, 5) is 26.3. The molecule has 1 aromatic rings. The van der Waals surface area contributed by atoms with Gasteiger partial charge in [0.15, 0.2) is 0 Å². The first kappa shape index (κ1) is 10.2. The Bertz CT molecular complexity index is 346. The third-order valence-electron chi connectivity index (χ3n) is 1.63. The van der Waals surface area contributed by atoms with Crippen LogP contribution in [-0.2, 0) is 4.84 Å². The van der Waals surface area contributed by atoms with Gasteiger partial charge in [-0.05, 0) is 24.3 Å². The summed E-state index contributed by atoms with van der Waals surface area (Å²) >= 11 is 0. The first-order chi connectivity index (χ1) is 6.65. The smallest absolute Gasteiger partial charge is 0.274 e. The molecule has 0 aliphatic heterocycles. The second-order valence-electron chi connectivity index (χ2n) is 2.58. The molecule has 1 aromatic carbocycles. The van der Waals surface area contributed by atoms with E-state index >= 15 is 0 Å². The molecule has 5 nitrogen and oxygen atoms in total. The fourth-order valence-corrected chi connectivity index (χ4v) is 0.937. The summed E-state index contributed by atoms with van der Waals surface area (Å²) < 4.78 is 0. The van der Waals surface area contributed by atoms with Crippen molar-refractivity contribution in [3.8, 4) is 0 Å². The molecule has 0 bridgehead atoms. The monoisotopic (exact) mass is 194 g/mol. The van der Waals surface area contributed by atoms with Crippen LogP contribution >= 0.6 is 0 Å². The standard InChI is InChI=1S/C9H10N2O3/c1-14-11-9(13)7-4-2-6(3-5-7)8(10)12/h2-5H,1H3,(H2,10,12)(H,11,13). The van der Waals surface area contributed by atoms with Crippen LogP contribution in [0.1, 0.15) is 20.7 Å². The average Bonchev–Trinajstić information content (AvgIpc) is 2.18. The van der Waals surface area contributed by atoms with E-state index in [9.17, 15) is 9.59 Å². The van der Waals surface area contributed by atoms with Crippen LogP contribution in [0.25, 0.3) is 0 Å². The van der Waals surface area contributed by atoms with E-state index < -0.39 is 5.91 Å². The first-order valence-corrected chi connectivity index (χ1v) is 3.88. The molecular formula is C9H10N2O3. The van der Waals surface area contributed by atoms with Crippen LogP contribution in [-0.4, -0.2) is 18.9 Å². The summed E-state index contributed by atoms with van der Waals surface area (Å²) in [6.07, 6.45) is 0. The molecule has 0 radical (unpaired) electrons. The molecule has 2 amide bonds. The number of benzene rings is 1. The van der Waals surface area contributed by atoms with Crippen LogP contribution in [0.5, 0.6) is 0 Å². The van der Waals surface area contributed by atoms with Gasteiger partial charge in [0.1, 0.15) is 0 Å². The lowest BCUT2D eigenvalue weighted by Gasteiger charge is -2.01. The highest BCUT2D eigenvalue weighted by molar-refractivity contribution is 5.96. The molecule has 74 valence electrons. The number of nitrogens with two attached hydrogens (primary N) is 1. The van der Waals surface area contributed by atoms with Gasteiger partial charge in [0.2, 0.25) is 5.91 Å². The normalized spacial score (nSPS) is 9.50. The van der Waals surface area contributed by atoms with Crippen molar-refractivity contribution in [3.05, 3.63) is 35.4 Å². The minimum absolute atomic E-state index is 0.360. The number of carbonyl (C=O) groups is 2. The molecule has 0 spiro atoms. The third kappa shape index (κ3) is 2.30. The number of carbonyl (C=O) groups excluding carboxylic acids is 2. The number of rotatable bonds is 3. The van der Waals surface area contributed by atoms with E-state index in [4.69, 9.17) is 5.73 Å². The molecule has 0 atom stereocenters. The van der Waals surface area contributed by atoms with Crippen molar-refractivity contribution in [1.29, 1.82) is 0 Å². The van der Waals surface area contributed by atoms with E-state index in [2.05, 4.69) is 10.3 Å². The molecule has 0 unspecified atom stereocenters. The van der Waals surface area contributed by atoms with Crippen molar-refractivity contribution >= 4 is 11.8 Å². The van der Waals surface area contributed by atoms with Crippen LogP contribution in [0.15, 0.2) is 24.3 Å². The number of hydrogen-bond acceptors (Lipinski definition) is 3. The Morgan fingerprint density at radius 3 is 2.14 bits per heavy atom. The summed E-state index contributed by atoms with van der Waals surface area (Å²) in [5.74, 6) is -0.896. The quantitative estimate of drug-likeness (QED) is 0.668. The van der Waals surface area contributed by atoms with Gasteiger partial charge < -0.3 is 5.73 Å². The van der Waals surface area contributed by atoms with Crippen molar-refractivity contribution in [3.63, 3.8) is 0 Å². The molecule has 0 saturated heterocycles. The van der Waals surface area contributed by atoms with Gasteiger partial charge in [0, 0.05) is 11.1 Å². The molecule has 5 heteroatoms. The zero-order valence-corrected chi connectivity index (χ0v) is 7.61. The zero-order chi connectivity index (χ0) is 10.6. The Balaban J connectivity index is 2.83. The maximum Gasteiger partial charge on any atom is 0.274 e. The van der Waals surface area contributed by atoms with Gasteiger partial charge in [-0.1, -0.05) is 0 Å². The van der Waals surface area contributed by atoms with Crippen LogP contribution < -0.4 is 11.2 Å². The van der Waals surface area contributed by atoms with Crippen molar-refractivity contribution in [1.82, 2.24) is 5.48 Å². The van der Waals surface area contributed by atoms with Crippen LogP contribution in [0, 0.1) is 0 Å². The molecule has 0 aliphatic rings. The number of hydrogen-bond donors (Lipinski definition) is 2. The Hall–Kier alpha value is -1.88. The van der Waals surface area contributed by atoms with Crippen molar-refractivity contribution in [2.75, 3.05) is 7.11 Å². The highest BCUT2D eigenvalue weighted by Crippen LogP contribution is 2.03. The van der Waals surface area contributed by atoms with E-state index in [0.29, 0.717) is 11.1 Å². The fourth-order valence-electron chi connectivity index (χ4n) is 0.937. The maximum atomic E-state index is 11.2. The Kier molecular flexibility index (Phi) is 3.19. The number of primary amides is 1. The van der Waals surface area contributed by atoms with Gasteiger partial charge in [-0.3, -0.25) is 14.4 Å².